The van der Waals surface area contributed by atoms with E-state index in [2.05, 4.69) is 33.8 Å². The van der Waals surface area contributed by atoms with Crippen LogP contribution in [0.1, 0.15) is 38.6 Å². The molecule has 29 heavy (non-hydrogen) atoms. The number of nitrogens with zero attached hydrogens (tertiary/aromatic N) is 5. The Kier molecular flexibility index (Phi) is 6.25. The molecule has 2 unspecified atom stereocenters. The van der Waals surface area contributed by atoms with Gasteiger partial charge in [-0.15, -0.1) is 0 Å². The third kappa shape index (κ3) is 4.85. The zero-order valence-electron chi connectivity index (χ0n) is 17.5. The standard InChI is InChI=1S/C22H31N5O2/c1-17-7-6-10-27(15-17)20(28)16-25-11-13-26(14-12-25)18(2)22-23-21(24-29-22)19-8-4-3-5-9-19/h3-5,8-9,17-18H,6-7,10-16H2,1-2H3. The maximum absolute atomic E-state index is 12.6. The van der Waals surface area contributed by atoms with Gasteiger partial charge in [0.05, 0.1) is 12.6 Å². The molecule has 156 valence electrons. The highest BCUT2D eigenvalue weighted by Gasteiger charge is 2.28. The highest BCUT2D eigenvalue weighted by molar-refractivity contribution is 5.78. The van der Waals surface area contributed by atoms with Crippen LogP contribution in [0.5, 0.6) is 0 Å². The Balaban J connectivity index is 1.28. The van der Waals surface area contributed by atoms with Crippen LogP contribution in [0.2, 0.25) is 0 Å². The molecule has 4 rings (SSSR count). The summed E-state index contributed by atoms with van der Waals surface area (Å²) in [5.41, 5.74) is 0.963. The Morgan fingerprint density at radius 1 is 1.17 bits per heavy atom. The van der Waals surface area contributed by atoms with Crippen molar-refractivity contribution in [2.24, 2.45) is 5.92 Å². The number of piperazine rings is 1. The van der Waals surface area contributed by atoms with Gasteiger partial charge in [0.15, 0.2) is 0 Å². The molecule has 0 spiro atoms. The van der Waals surface area contributed by atoms with Crippen LogP contribution in [0.25, 0.3) is 11.4 Å². The largest absolute Gasteiger partial charge is 0.341 e. The lowest BCUT2D eigenvalue weighted by Crippen LogP contribution is -2.51. The molecule has 7 heteroatoms. The van der Waals surface area contributed by atoms with Gasteiger partial charge in [0, 0.05) is 44.8 Å². The second-order valence-electron chi connectivity index (χ2n) is 8.40. The van der Waals surface area contributed by atoms with Crippen LogP contribution in [0.15, 0.2) is 34.9 Å². The summed E-state index contributed by atoms with van der Waals surface area (Å²) in [5, 5.41) is 4.14. The lowest BCUT2D eigenvalue weighted by molar-refractivity contribution is -0.134. The van der Waals surface area contributed by atoms with E-state index in [1.807, 2.05) is 35.2 Å². The second-order valence-corrected chi connectivity index (χ2v) is 8.40. The summed E-state index contributed by atoms with van der Waals surface area (Å²) in [6, 6.07) is 9.96. The maximum atomic E-state index is 12.6. The van der Waals surface area contributed by atoms with Gasteiger partial charge in [-0.05, 0) is 25.7 Å². The number of aromatic nitrogens is 2. The first-order chi connectivity index (χ1) is 14.1. The fourth-order valence-electron chi connectivity index (χ4n) is 4.28. The van der Waals surface area contributed by atoms with Crippen molar-refractivity contribution in [2.45, 2.75) is 32.7 Å². The van der Waals surface area contributed by atoms with E-state index < -0.39 is 0 Å². The number of carbonyl (C=O) groups excluding carboxylic acids is 1. The van der Waals surface area contributed by atoms with Gasteiger partial charge < -0.3 is 9.42 Å². The summed E-state index contributed by atoms with van der Waals surface area (Å²) >= 11 is 0. The molecule has 2 atom stereocenters. The van der Waals surface area contributed by atoms with Crippen molar-refractivity contribution >= 4 is 5.91 Å². The minimum atomic E-state index is 0.0701. The zero-order valence-corrected chi connectivity index (χ0v) is 17.5. The predicted molar refractivity (Wildman–Crippen MR) is 111 cm³/mol. The minimum Gasteiger partial charge on any atom is -0.341 e. The number of rotatable bonds is 5. The molecule has 0 radical (unpaired) electrons. The number of benzene rings is 1. The Labute approximate surface area is 172 Å². The lowest BCUT2D eigenvalue weighted by atomic mass is 10.0. The molecule has 1 aromatic carbocycles. The van der Waals surface area contributed by atoms with Gasteiger partial charge in [-0.2, -0.15) is 4.98 Å². The fraction of sp³-hybridized carbons (Fsp3) is 0.591. The molecule has 2 aromatic rings. The van der Waals surface area contributed by atoms with Crippen molar-refractivity contribution in [1.29, 1.82) is 0 Å². The molecule has 0 N–H and O–H groups in total. The van der Waals surface area contributed by atoms with Crippen molar-refractivity contribution in [3.63, 3.8) is 0 Å². The van der Waals surface area contributed by atoms with E-state index in [-0.39, 0.29) is 11.9 Å². The third-order valence-corrected chi connectivity index (χ3v) is 6.15. The summed E-state index contributed by atoms with van der Waals surface area (Å²) in [6.45, 7) is 10.3. The Morgan fingerprint density at radius 3 is 2.66 bits per heavy atom. The van der Waals surface area contributed by atoms with E-state index in [1.54, 1.807) is 0 Å². The van der Waals surface area contributed by atoms with Crippen molar-refractivity contribution in [3.8, 4) is 11.4 Å². The van der Waals surface area contributed by atoms with Crippen molar-refractivity contribution < 1.29 is 9.32 Å². The molecule has 2 saturated heterocycles. The first kappa shape index (κ1) is 20.0. The van der Waals surface area contributed by atoms with Crippen LogP contribution in [-0.4, -0.2) is 76.6 Å². The molecule has 0 bridgehead atoms. The number of amides is 1. The summed E-state index contributed by atoms with van der Waals surface area (Å²) < 4.78 is 5.54. The van der Waals surface area contributed by atoms with Crippen LogP contribution in [-0.2, 0) is 4.79 Å². The van der Waals surface area contributed by atoms with E-state index in [0.29, 0.717) is 24.2 Å². The summed E-state index contributed by atoms with van der Waals surface area (Å²) in [4.78, 5) is 23.9. The highest BCUT2D eigenvalue weighted by atomic mass is 16.5. The third-order valence-electron chi connectivity index (χ3n) is 6.15. The molecule has 0 saturated carbocycles. The number of carbonyl (C=O) groups is 1. The van der Waals surface area contributed by atoms with Gasteiger partial charge in [0.1, 0.15) is 0 Å². The van der Waals surface area contributed by atoms with Gasteiger partial charge >= 0.3 is 0 Å². The predicted octanol–water partition coefficient (Wildman–Crippen LogP) is 2.67. The average Bonchev–Trinajstić information content (AvgIpc) is 3.25. The fourth-order valence-corrected chi connectivity index (χ4v) is 4.28. The average molecular weight is 398 g/mol. The first-order valence-electron chi connectivity index (χ1n) is 10.7. The quantitative estimate of drug-likeness (QED) is 0.773. The smallest absolute Gasteiger partial charge is 0.244 e. The van der Waals surface area contributed by atoms with Gasteiger partial charge in [-0.1, -0.05) is 42.4 Å². The number of likely N-dealkylation sites (tertiary alicyclic amines) is 1. The molecule has 2 aliphatic heterocycles. The van der Waals surface area contributed by atoms with Crippen LogP contribution in [0.4, 0.5) is 0 Å². The molecule has 2 aliphatic rings. The lowest BCUT2D eigenvalue weighted by Gasteiger charge is -2.38. The van der Waals surface area contributed by atoms with E-state index in [1.165, 1.54) is 6.42 Å². The molecule has 1 amide bonds. The maximum Gasteiger partial charge on any atom is 0.244 e. The molecule has 2 fully saturated rings. The highest BCUT2D eigenvalue weighted by Crippen LogP contribution is 2.23. The Morgan fingerprint density at radius 2 is 1.93 bits per heavy atom. The number of hydrogen-bond donors (Lipinski definition) is 0. The van der Waals surface area contributed by atoms with Crippen molar-refractivity contribution in [3.05, 3.63) is 36.2 Å². The first-order valence-corrected chi connectivity index (χ1v) is 10.7. The number of hydrogen-bond acceptors (Lipinski definition) is 6. The summed E-state index contributed by atoms with van der Waals surface area (Å²) in [5.74, 6) is 2.19. The van der Waals surface area contributed by atoms with Gasteiger partial charge in [0.2, 0.25) is 17.6 Å². The molecular formula is C22H31N5O2. The molecule has 7 nitrogen and oxygen atoms in total. The molecular weight excluding hydrogens is 366 g/mol. The van der Waals surface area contributed by atoms with E-state index in [4.69, 9.17) is 4.52 Å². The second kappa shape index (κ2) is 9.05. The van der Waals surface area contributed by atoms with Crippen LogP contribution < -0.4 is 0 Å². The van der Waals surface area contributed by atoms with Crippen LogP contribution >= 0.6 is 0 Å². The van der Waals surface area contributed by atoms with Gasteiger partial charge in [-0.25, -0.2) is 0 Å². The molecule has 3 heterocycles. The van der Waals surface area contributed by atoms with Crippen molar-refractivity contribution in [2.75, 3.05) is 45.8 Å². The summed E-state index contributed by atoms with van der Waals surface area (Å²) in [7, 11) is 0. The SMILES string of the molecule is CC1CCCN(C(=O)CN2CCN(C(C)c3nc(-c4ccccc4)no3)CC2)C1. The van der Waals surface area contributed by atoms with E-state index in [9.17, 15) is 4.79 Å². The van der Waals surface area contributed by atoms with Gasteiger partial charge in [0.25, 0.3) is 0 Å². The van der Waals surface area contributed by atoms with Crippen LogP contribution in [0.3, 0.4) is 0 Å². The topological polar surface area (TPSA) is 65.7 Å². The monoisotopic (exact) mass is 397 g/mol. The van der Waals surface area contributed by atoms with E-state index in [0.717, 1.165) is 51.3 Å². The molecule has 0 aliphatic carbocycles. The summed E-state index contributed by atoms with van der Waals surface area (Å²) in [6.07, 6.45) is 2.37. The van der Waals surface area contributed by atoms with Crippen molar-refractivity contribution in [1.82, 2.24) is 24.8 Å². The van der Waals surface area contributed by atoms with E-state index >= 15 is 0 Å². The van der Waals surface area contributed by atoms with Crippen LogP contribution in [0, 0.1) is 5.92 Å². The minimum absolute atomic E-state index is 0.0701. The zero-order chi connectivity index (χ0) is 20.2. The molecule has 1 aromatic heterocycles. The van der Waals surface area contributed by atoms with Gasteiger partial charge in [-0.3, -0.25) is 14.6 Å². The number of piperidine rings is 1. The Hall–Kier alpha value is -2.25. The normalized spacial score (nSPS) is 22.6. The Bertz CT molecular complexity index is 801.